The number of anilines is 2. The highest BCUT2D eigenvalue weighted by Crippen LogP contribution is 2.18. The normalized spacial score (nSPS) is 10.4. The minimum atomic E-state index is -0.447. The number of nitrogens with one attached hydrogen (secondary N) is 1. The average Bonchev–Trinajstić information content (AvgIpc) is 3.28. The topological polar surface area (TPSA) is 179 Å². The van der Waals surface area contributed by atoms with E-state index in [0.717, 1.165) is 11.5 Å². The Morgan fingerprint density at radius 2 is 1.68 bits per heavy atom. The van der Waals surface area contributed by atoms with Crippen molar-refractivity contribution in [1.29, 1.82) is 0 Å². The number of pyridine rings is 2. The SMILES string of the molecule is CC(C)N=CN(C)C.CC(C)n1cnnc1-c1cccc(N)n1.NNC(=O)c1cccc(N)n1. The Labute approximate surface area is 200 Å². The van der Waals surface area contributed by atoms with Gasteiger partial charge in [0.1, 0.15) is 29.4 Å². The maximum absolute atomic E-state index is 10.8. The van der Waals surface area contributed by atoms with Crippen LogP contribution in [0.1, 0.15) is 44.2 Å². The van der Waals surface area contributed by atoms with E-state index in [4.69, 9.17) is 17.3 Å². The third-order valence-corrected chi connectivity index (χ3v) is 3.86. The molecule has 0 spiro atoms. The minimum Gasteiger partial charge on any atom is -0.384 e. The van der Waals surface area contributed by atoms with Crippen LogP contribution in [0.4, 0.5) is 11.6 Å². The van der Waals surface area contributed by atoms with Crippen molar-refractivity contribution in [2.75, 3.05) is 25.6 Å². The van der Waals surface area contributed by atoms with Crippen molar-refractivity contribution < 1.29 is 4.79 Å². The van der Waals surface area contributed by atoms with Gasteiger partial charge in [0.05, 0.1) is 6.34 Å². The number of nitrogens with zero attached hydrogens (tertiary/aromatic N) is 7. The Hall–Kier alpha value is -4.06. The van der Waals surface area contributed by atoms with Gasteiger partial charge < -0.3 is 20.9 Å². The number of nitrogens with two attached hydrogens (primary N) is 3. The molecule has 3 rings (SSSR count). The maximum atomic E-state index is 10.8. The molecule has 0 unspecified atom stereocenters. The van der Waals surface area contributed by atoms with Gasteiger partial charge in [-0.05, 0) is 52.0 Å². The molecule has 7 N–H and O–H groups in total. The molecular weight excluding hydrogens is 434 g/mol. The fraction of sp³-hybridized carbons (Fsp3) is 0.364. The molecule has 3 aromatic rings. The van der Waals surface area contributed by atoms with Gasteiger partial charge >= 0.3 is 0 Å². The molecule has 0 aromatic carbocycles. The molecule has 0 bridgehead atoms. The van der Waals surface area contributed by atoms with Crippen LogP contribution in [0.25, 0.3) is 11.5 Å². The standard InChI is InChI=1S/C10H13N5.C6H8N4O.C6H14N2/c1-7(2)15-6-12-14-10(15)8-4-3-5-9(11)13-8;7-5-3-1-2-4(9-5)6(11)10-8;1-6(2)7-5-8(3)4/h3-7H,1-2H3,(H2,11,13);1-3H,8H2,(H2,7,9)(H,10,11);5-6H,1-4H3. The van der Waals surface area contributed by atoms with Crippen LogP contribution in [0.5, 0.6) is 0 Å². The monoisotopic (exact) mass is 469 g/mol. The first-order valence-electron chi connectivity index (χ1n) is 10.6. The maximum Gasteiger partial charge on any atom is 0.283 e. The lowest BCUT2D eigenvalue weighted by atomic mass is 10.3. The molecule has 0 saturated heterocycles. The van der Waals surface area contributed by atoms with Gasteiger partial charge in [-0.25, -0.2) is 15.8 Å². The number of hydrogen-bond donors (Lipinski definition) is 4. The highest BCUT2D eigenvalue weighted by atomic mass is 16.2. The van der Waals surface area contributed by atoms with Crippen LogP contribution < -0.4 is 22.7 Å². The van der Waals surface area contributed by atoms with Crippen LogP contribution in [0, 0.1) is 0 Å². The number of hydrazine groups is 1. The fourth-order valence-electron chi connectivity index (χ4n) is 2.30. The summed E-state index contributed by atoms with van der Waals surface area (Å²) in [6, 6.07) is 10.9. The lowest BCUT2D eigenvalue weighted by Gasteiger charge is -2.09. The second kappa shape index (κ2) is 14.2. The Kier molecular flexibility index (Phi) is 11.7. The molecule has 0 aliphatic heterocycles. The van der Waals surface area contributed by atoms with Gasteiger partial charge in [0, 0.05) is 26.2 Å². The largest absolute Gasteiger partial charge is 0.384 e. The van der Waals surface area contributed by atoms with E-state index in [0.29, 0.717) is 23.7 Å². The van der Waals surface area contributed by atoms with Crippen molar-refractivity contribution >= 4 is 23.9 Å². The second-order valence-electron chi connectivity index (χ2n) is 7.85. The predicted octanol–water partition coefficient (Wildman–Crippen LogP) is 1.76. The smallest absolute Gasteiger partial charge is 0.283 e. The third kappa shape index (κ3) is 10.0. The summed E-state index contributed by atoms with van der Waals surface area (Å²) in [4.78, 5) is 24.8. The number of hydrogen-bond acceptors (Lipinski definition) is 9. The van der Waals surface area contributed by atoms with Crippen LogP contribution in [0.2, 0.25) is 0 Å². The second-order valence-corrected chi connectivity index (χ2v) is 7.85. The average molecular weight is 470 g/mol. The molecule has 1 amide bonds. The summed E-state index contributed by atoms with van der Waals surface area (Å²) >= 11 is 0. The number of carbonyl (C=O) groups excluding carboxylic acids is 1. The van der Waals surface area contributed by atoms with Crippen LogP contribution in [-0.4, -0.2) is 62.0 Å². The fourth-order valence-corrected chi connectivity index (χ4v) is 2.30. The summed E-state index contributed by atoms with van der Waals surface area (Å²) in [5.41, 5.74) is 13.9. The number of rotatable bonds is 5. The highest BCUT2D eigenvalue weighted by Gasteiger charge is 2.10. The van der Waals surface area contributed by atoms with E-state index in [1.807, 2.05) is 47.5 Å². The van der Waals surface area contributed by atoms with Crippen molar-refractivity contribution in [3.63, 3.8) is 0 Å². The Morgan fingerprint density at radius 3 is 2.15 bits per heavy atom. The molecule has 184 valence electrons. The predicted molar refractivity (Wildman–Crippen MR) is 136 cm³/mol. The summed E-state index contributed by atoms with van der Waals surface area (Å²) in [6.07, 6.45) is 3.52. The minimum absolute atomic E-state index is 0.215. The zero-order valence-corrected chi connectivity index (χ0v) is 20.5. The number of aliphatic imine (C=N–C) groups is 1. The molecule has 12 heteroatoms. The van der Waals surface area contributed by atoms with Crippen molar-refractivity contribution in [1.82, 2.24) is 35.1 Å². The lowest BCUT2D eigenvalue weighted by Crippen LogP contribution is -2.30. The summed E-state index contributed by atoms with van der Waals surface area (Å²) in [5.74, 6) is 5.96. The van der Waals surface area contributed by atoms with E-state index in [1.54, 1.807) is 24.5 Å². The van der Waals surface area contributed by atoms with Gasteiger partial charge in [-0.2, -0.15) is 0 Å². The Bertz CT molecular complexity index is 1030. The van der Waals surface area contributed by atoms with Crippen molar-refractivity contribution in [3.8, 4) is 11.5 Å². The van der Waals surface area contributed by atoms with E-state index in [-0.39, 0.29) is 5.69 Å². The van der Waals surface area contributed by atoms with Crippen LogP contribution >= 0.6 is 0 Å². The molecule has 34 heavy (non-hydrogen) atoms. The number of aromatic nitrogens is 5. The van der Waals surface area contributed by atoms with Crippen LogP contribution in [0.15, 0.2) is 47.7 Å². The van der Waals surface area contributed by atoms with Gasteiger partial charge in [0.25, 0.3) is 5.91 Å². The molecule has 3 aromatic heterocycles. The zero-order chi connectivity index (χ0) is 25.7. The van der Waals surface area contributed by atoms with Crippen molar-refractivity contribution in [2.45, 2.75) is 39.8 Å². The van der Waals surface area contributed by atoms with E-state index in [2.05, 4.69) is 52.9 Å². The van der Waals surface area contributed by atoms with Gasteiger partial charge in [0.15, 0.2) is 5.82 Å². The number of amides is 1. The quantitative estimate of drug-likeness (QED) is 0.142. The molecule has 0 saturated carbocycles. The summed E-state index contributed by atoms with van der Waals surface area (Å²) in [7, 11) is 3.93. The first-order chi connectivity index (χ1) is 16.0. The lowest BCUT2D eigenvalue weighted by molar-refractivity contribution is 0.0949. The molecule has 3 heterocycles. The van der Waals surface area contributed by atoms with Gasteiger partial charge in [0.2, 0.25) is 0 Å². The van der Waals surface area contributed by atoms with Crippen LogP contribution in [0.3, 0.4) is 0 Å². The first kappa shape index (κ1) is 28.0. The van der Waals surface area contributed by atoms with Gasteiger partial charge in [-0.1, -0.05) is 12.1 Å². The summed E-state index contributed by atoms with van der Waals surface area (Å²) in [5, 5.41) is 7.93. The van der Waals surface area contributed by atoms with E-state index < -0.39 is 5.91 Å². The zero-order valence-electron chi connectivity index (χ0n) is 20.5. The Morgan fingerprint density at radius 1 is 1.06 bits per heavy atom. The first-order valence-corrected chi connectivity index (χ1v) is 10.6. The molecule has 0 radical (unpaired) electrons. The van der Waals surface area contributed by atoms with Crippen molar-refractivity contribution in [3.05, 3.63) is 48.4 Å². The van der Waals surface area contributed by atoms with Crippen molar-refractivity contribution in [2.24, 2.45) is 10.8 Å². The molecule has 12 nitrogen and oxygen atoms in total. The van der Waals surface area contributed by atoms with Crippen LogP contribution in [-0.2, 0) is 0 Å². The molecular formula is C22H35N11O. The van der Waals surface area contributed by atoms with Gasteiger partial charge in [-0.3, -0.25) is 15.2 Å². The molecule has 0 aliphatic rings. The summed E-state index contributed by atoms with van der Waals surface area (Å²) < 4.78 is 1.96. The molecule has 0 atom stereocenters. The van der Waals surface area contributed by atoms with E-state index in [9.17, 15) is 4.79 Å². The third-order valence-electron chi connectivity index (χ3n) is 3.86. The molecule has 0 fully saturated rings. The van der Waals surface area contributed by atoms with E-state index in [1.165, 1.54) is 6.07 Å². The summed E-state index contributed by atoms with van der Waals surface area (Å²) in [6.45, 7) is 8.25. The Balaban J connectivity index is 0.000000270. The van der Waals surface area contributed by atoms with Gasteiger partial charge in [-0.15, -0.1) is 10.2 Å². The molecule has 0 aliphatic carbocycles. The number of carbonyl (C=O) groups is 1. The number of nitrogen functional groups attached to an aromatic ring is 3. The van der Waals surface area contributed by atoms with E-state index >= 15 is 0 Å². The highest BCUT2D eigenvalue weighted by molar-refractivity contribution is 5.92.